The lowest BCUT2D eigenvalue weighted by atomic mass is 10.1. The molecule has 1 rings (SSSR count). The molecule has 72 valence electrons. The molecule has 2 atom stereocenters. The van der Waals surface area contributed by atoms with Crippen LogP contribution in [0.25, 0.3) is 0 Å². The third-order valence-electron chi connectivity index (χ3n) is 2.47. The second-order valence-electron chi connectivity index (χ2n) is 3.62. The van der Waals surface area contributed by atoms with Crippen molar-refractivity contribution in [3.63, 3.8) is 0 Å². The number of ether oxygens (including phenoxy) is 1. The Morgan fingerprint density at radius 1 is 1.33 bits per heavy atom. The molecule has 0 radical (unpaired) electrons. The summed E-state index contributed by atoms with van der Waals surface area (Å²) in [5, 5.41) is 0. The van der Waals surface area contributed by atoms with E-state index in [9.17, 15) is 0 Å². The van der Waals surface area contributed by atoms with Crippen molar-refractivity contribution < 1.29 is 4.74 Å². The fourth-order valence-electron chi connectivity index (χ4n) is 1.75. The van der Waals surface area contributed by atoms with E-state index in [0.717, 1.165) is 32.7 Å². The Bertz CT molecular complexity index is 120. The fraction of sp³-hybridized carbons (Fsp3) is 1.00. The molecule has 0 bridgehead atoms. The summed E-state index contributed by atoms with van der Waals surface area (Å²) in [6.07, 6.45) is 1.09. The molecule has 0 aromatic rings. The SMILES string of the molecule is CC1COCC(C)N1CCCN. The summed E-state index contributed by atoms with van der Waals surface area (Å²) in [6.45, 7) is 8.07. The van der Waals surface area contributed by atoms with E-state index < -0.39 is 0 Å². The number of morpholine rings is 1. The average molecular weight is 172 g/mol. The first-order chi connectivity index (χ1) is 5.75. The van der Waals surface area contributed by atoms with Crippen LogP contribution in [0.1, 0.15) is 20.3 Å². The Labute approximate surface area is 74.9 Å². The maximum atomic E-state index is 5.48. The highest BCUT2D eigenvalue weighted by atomic mass is 16.5. The molecule has 1 fully saturated rings. The molecular weight excluding hydrogens is 152 g/mol. The molecule has 0 aromatic carbocycles. The van der Waals surface area contributed by atoms with E-state index in [2.05, 4.69) is 18.7 Å². The van der Waals surface area contributed by atoms with Crippen LogP contribution in [-0.4, -0.2) is 43.3 Å². The molecule has 0 saturated carbocycles. The Morgan fingerprint density at radius 3 is 2.42 bits per heavy atom. The number of rotatable bonds is 3. The first kappa shape index (κ1) is 9.96. The summed E-state index contributed by atoms with van der Waals surface area (Å²) >= 11 is 0. The van der Waals surface area contributed by atoms with Gasteiger partial charge in [-0.1, -0.05) is 0 Å². The molecule has 0 amide bonds. The van der Waals surface area contributed by atoms with E-state index in [-0.39, 0.29) is 0 Å². The molecule has 1 aliphatic rings. The van der Waals surface area contributed by atoms with Crippen molar-refractivity contribution in [3.05, 3.63) is 0 Å². The summed E-state index contributed by atoms with van der Waals surface area (Å²) in [5.41, 5.74) is 5.48. The van der Waals surface area contributed by atoms with Gasteiger partial charge < -0.3 is 10.5 Å². The molecule has 0 aliphatic carbocycles. The van der Waals surface area contributed by atoms with E-state index in [4.69, 9.17) is 10.5 Å². The van der Waals surface area contributed by atoms with Gasteiger partial charge in [0.2, 0.25) is 0 Å². The van der Waals surface area contributed by atoms with Crippen molar-refractivity contribution in [2.75, 3.05) is 26.3 Å². The largest absolute Gasteiger partial charge is 0.378 e. The van der Waals surface area contributed by atoms with Crippen molar-refractivity contribution in [1.29, 1.82) is 0 Å². The number of nitrogens with two attached hydrogens (primary N) is 1. The van der Waals surface area contributed by atoms with Gasteiger partial charge in [-0.05, 0) is 26.8 Å². The smallest absolute Gasteiger partial charge is 0.0620 e. The minimum absolute atomic E-state index is 0.556. The van der Waals surface area contributed by atoms with E-state index in [1.807, 2.05) is 0 Å². The molecule has 3 heteroatoms. The lowest BCUT2D eigenvalue weighted by molar-refractivity contribution is -0.0365. The van der Waals surface area contributed by atoms with Crippen LogP contribution in [0.4, 0.5) is 0 Å². The maximum Gasteiger partial charge on any atom is 0.0620 e. The highest BCUT2D eigenvalue weighted by Crippen LogP contribution is 2.12. The minimum Gasteiger partial charge on any atom is -0.378 e. The zero-order valence-electron chi connectivity index (χ0n) is 8.12. The second kappa shape index (κ2) is 4.80. The molecule has 0 spiro atoms. The van der Waals surface area contributed by atoms with Crippen LogP contribution in [0.5, 0.6) is 0 Å². The molecule has 0 aromatic heterocycles. The Balaban J connectivity index is 2.34. The van der Waals surface area contributed by atoms with Gasteiger partial charge in [0.25, 0.3) is 0 Å². The zero-order valence-corrected chi connectivity index (χ0v) is 8.12. The van der Waals surface area contributed by atoms with Crippen LogP contribution in [-0.2, 0) is 4.74 Å². The Morgan fingerprint density at radius 2 is 1.92 bits per heavy atom. The number of hydrogen-bond acceptors (Lipinski definition) is 3. The second-order valence-corrected chi connectivity index (χ2v) is 3.62. The minimum atomic E-state index is 0.556. The van der Waals surface area contributed by atoms with E-state index >= 15 is 0 Å². The van der Waals surface area contributed by atoms with Gasteiger partial charge in [0.05, 0.1) is 13.2 Å². The van der Waals surface area contributed by atoms with Crippen LogP contribution in [0.2, 0.25) is 0 Å². The highest BCUT2D eigenvalue weighted by Gasteiger charge is 2.24. The molecule has 2 unspecified atom stereocenters. The summed E-state index contributed by atoms with van der Waals surface area (Å²) in [5.74, 6) is 0. The first-order valence-electron chi connectivity index (χ1n) is 4.79. The first-order valence-corrected chi connectivity index (χ1v) is 4.79. The predicted octanol–water partition coefficient (Wildman–Crippen LogP) is 0.444. The van der Waals surface area contributed by atoms with Crippen molar-refractivity contribution in [3.8, 4) is 0 Å². The van der Waals surface area contributed by atoms with Gasteiger partial charge in [-0.25, -0.2) is 0 Å². The lowest BCUT2D eigenvalue weighted by Crippen LogP contribution is -2.50. The number of hydrogen-bond donors (Lipinski definition) is 1. The van der Waals surface area contributed by atoms with Crippen LogP contribution >= 0.6 is 0 Å². The summed E-state index contributed by atoms with van der Waals surface area (Å²) < 4.78 is 5.43. The molecule has 1 saturated heterocycles. The average Bonchev–Trinajstić information content (AvgIpc) is 2.04. The van der Waals surface area contributed by atoms with Gasteiger partial charge in [0, 0.05) is 18.6 Å². The van der Waals surface area contributed by atoms with Crippen LogP contribution in [0.3, 0.4) is 0 Å². The van der Waals surface area contributed by atoms with Gasteiger partial charge in [-0.3, -0.25) is 4.90 Å². The van der Waals surface area contributed by atoms with Gasteiger partial charge in [-0.2, -0.15) is 0 Å². The van der Waals surface area contributed by atoms with Crippen LogP contribution in [0, 0.1) is 0 Å². The maximum absolute atomic E-state index is 5.48. The highest BCUT2D eigenvalue weighted by molar-refractivity contribution is 4.77. The molecule has 2 N–H and O–H groups in total. The van der Waals surface area contributed by atoms with Gasteiger partial charge in [0.1, 0.15) is 0 Å². The van der Waals surface area contributed by atoms with Crippen LogP contribution in [0.15, 0.2) is 0 Å². The van der Waals surface area contributed by atoms with Gasteiger partial charge in [-0.15, -0.1) is 0 Å². The van der Waals surface area contributed by atoms with Crippen LogP contribution < -0.4 is 5.73 Å². The Kier molecular flexibility index (Phi) is 3.98. The summed E-state index contributed by atoms with van der Waals surface area (Å²) in [4.78, 5) is 2.48. The molecule has 1 aliphatic heterocycles. The summed E-state index contributed by atoms with van der Waals surface area (Å²) in [6, 6.07) is 1.11. The quantitative estimate of drug-likeness (QED) is 0.671. The number of nitrogens with zero attached hydrogens (tertiary/aromatic N) is 1. The molecular formula is C9H20N2O. The third kappa shape index (κ3) is 2.44. The van der Waals surface area contributed by atoms with Crippen molar-refractivity contribution in [1.82, 2.24) is 4.90 Å². The molecule has 3 nitrogen and oxygen atoms in total. The Hall–Kier alpha value is -0.120. The van der Waals surface area contributed by atoms with E-state index in [0.29, 0.717) is 12.1 Å². The standard InChI is InChI=1S/C9H20N2O/c1-8-6-12-7-9(2)11(8)5-3-4-10/h8-9H,3-7,10H2,1-2H3. The fourth-order valence-corrected chi connectivity index (χ4v) is 1.75. The van der Waals surface area contributed by atoms with Crippen molar-refractivity contribution in [2.45, 2.75) is 32.4 Å². The monoisotopic (exact) mass is 172 g/mol. The molecule has 12 heavy (non-hydrogen) atoms. The van der Waals surface area contributed by atoms with E-state index in [1.165, 1.54) is 0 Å². The van der Waals surface area contributed by atoms with Crippen molar-refractivity contribution >= 4 is 0 Å². The van der Waals surface area contributed by atoms with Gasteiger partial charge >= 0.3 is 0 Å². The molecule has 1 heterocycles. The zero-order chi connectivity index (χ0) is 8.97. The predicted molar refractivity (Wildman–Crippen MR) is 50.1 cm³/mol. The topological polar surface area (TPSA) is 38.5 Å². The van der Waals surface area contributed by atoms with Gasteiger partial charge in [0.15, 0.2) is 0 Å². The lowest BCUT2D eigenvalue weighted by Gasteiger charge is -2.38. The van der Waals surface area contributed by atoms with Crippen molar-refractivity contribution in [2.24, 2.45) is 5.73 Å². The normalized spacial score (nSPS) is 32.2. The van der Waals surface area contributed by atoms with E-state index in [1.54, 1.807) is 0 Å². The summed E-state index contributed by atoms with van der Waals surface area (Å²) in [7, 11) is 0. The third-order valence-corrected chi connectivity index (χ3v) is 2.47.